The monoisotopic (exact) mass is 241 g/mol. The minimum absolute atomic E-state index is 0.201. The maximum Gasteiger partial charge on any atom is 0.185 e. The molecule has 0 bridgehead atoms. The quantitative estimate of drug-likeness (QED) is 0.262. The van der Waals surface area contributed by atoms with Gasteiger partial charge in [-0.25, -0.2) is 9.67 Å². The van der Waals surface area contributed by atoms with Gasteiger partial charge in [0, 0.05) is 19.2 Å². The second-order valence-corrected chi connectivity index (χ2v) is 5.17. The number of thioether (sulfide) groups is 1. The summed E-state index contributed by atoms with van der Waals surface area (Å²) < 4.78 is 1.75. The number of aromatic nitrogens is 3. The number of amidine groups is 1. The van der Waals surface area contributed by atoms with Gasteiger partial charge in [0.25, 0.3) is 0 Å². The molecule has 7 heteroatoms. The van der Waals surface area contributed by atoms with Gasteiger partial charge in [-0.1, -0.05) is 16.9 Å². The molecule has 1 aromatic rings. The van der Waals surface area contributed by atoms with Crippen LogP contribution in [0, 0.1) is 5.41 Å². The van der Waals surface area contributed by atoms with Gasteiger partial charge in [0.2, 0.25) is 0 Å². The molecular formula is C9H15N5OS. The van der Waals surface area contributed by atoms with Crippen molar-refractivity contribution in [3.8, 4) is 0 Å². The predicted octanol–water partition coefficient (Wildman–Crippen LogP) is 0.824. The van der Waals surface area contributed by atoms with Gasteiger partial charge in [-0.3, -0.25) is 0 Å². The van der Waals surface area contributed by atoms with Crippen LogP contribution in [0.5, 0.6) is 0 Å². The van der Waals surface area contributed by atoms with Crippen molar-refractivity contribution in [1.82, 2.24) is 14.8 Å². The zero-order chi connectivity index (χ0) is 11.6. The molecule has 16 heavy (non-hydrogen) atoms. The highest BCUT2D eigenvalue weighted by molar-refractivity contribution is 7.99. The molecule has 1 aromatic heterocycles. The Bertz CT molecular complexity index is 398. The van der Waals surface area contributed by atoms with Crippen LogP contribution in [0.3, 0.4) is 0 Å². The van der Waals surface area contributed by atoms with Crippen molar-refractivity contribution in [2.75, 3.05) is 5.75 Å². The fourth-order valence-corrected chi connectivity index (χ4v) is 2.78. The molecule has 2 rings (SSSR count). The molecule has 0 aromatic carbocycles. The van der Waals surface area contributed by atoms with E-state index in [-0.39, 0.29) is 5.41 Å². The first-order valence-electron chi connectivity index (χ1n) is 5.08. The summed E-state index contributed by atoms with van der Waals surface area (Å²) in [6.07, 6.45) is 4.47. The number of rotatable bonds is 5. The first-order chi connectivity index (χ1) is 7.65. The number of hydrogen-bond acceptors (Lipinski definition) is 5. The molecule has 0 aliphatic heterocycles. The Morgan fingerprint density at radius 1 is 1.75 bits per heavy atom. The third-order valence-corrected chi connectivity index (χ3v) is 4.20. The van der Waals surface area contributed by atoms with Gasteiger partial charge < -0.3 is 10.9 Å². The molecular weight excluding hydrogens is 226 g/mol. The topological polar surface area (TPSA) is 89.3 Å². The maximum atomic E-state index is 8.55. The highest BCUT2D eigenvalue weighted by Gasteiger charge is 2.43. The average molecular weight is 241 g/mol. The van der Waals surface area contributed by atoms with Crippen molar-refractivity contribution in [3.63, 3.8) is 0 Å². The van der Waals surface area contributed by atoms with Crippen LogP contribution in [0.1, 0.15) is 19.3 Å². The van der Waals surface area contributed by atoms with E-state index in [9.17, 15) is 0 Å². The van der Waals surface area contributed by atoms with E-state index in [1.165, 1.54) is 0 Å². The third kappa shape index (κ3) is 2.46. The summed E-state index contributed by atoms with van der Waals surface area (Å²) >= 11 is 1.67. The van der Waals surface area contributed by atoms with E-state index in [1.807, 2.05) is 7.05 Å². The molecule has 1 aliphatic rings. The zero-order valence-electron chi connectivity index (χ0n) is 9.13. The Labute approximate surface area is 97.9 Å². The SMILES string of the molecule is Cn1ncnc1SCC1(CC(N)=NO)CC1. The summed E-state index contributed by atoms with van der Waals surface area (Å²) in [6.45, 7) is 0. The minimum atomic E-state index is 0.201. The van der Waals surface area contributed by atoms with Crippen LogP contribution in [0.2, 0.25) is 0 Å². The lowest BCUT2D eigenvalue weighted by Gasteiger charge is -2.12. The van der Waals surface area contributed by atoms with Gasteiger partial charge in [-0.05, 0) is 18.3 Å². The highest BCUT2D eigenvalue weighted by Crippen LogP contribution is 2.51. The van der Waals surface area contributed by atoms with Crippen LogP contribution in [0.25, 0.3) is 0 Å². The molecule has 1 saturated carbocycles. The molecule has 0 saturated heterocycles. The lowest BCUT2D eigenvalue weighted by atomic mass is 10.1. The maximum absolute atomic E-state index is 8.55. The smallest absolute Gasteiger partial charge is 0.185 e. The van der Waals surface area contributed by atoms with Crippen LogP contribution < -0.4 is 5.73 Å². The van der Waals surface area contributed by atoms with Crippen molar-refractivity contribution in [1.29, 1.82) is 0 Å². The second kappa shape index (κ2) is 4.32. The Morgan fingerprint density at radius 3 is 3.00 bits per heavy atom. The van der Waals surface area contributed by atoms with Gasteiger partial charge in [-0.15, -0.1) is 0 Å². The van der Waals surface area contributed by atoms with Gasteiger partial charge in [0.15, 0.2) is 5.16 Å². The summed E-state index contributed by atoms with van der Waals surface area (Å²) in [5.41, 5.74) is 5.74. The molecule has 3 N–H and O–H groups in total. The van der Waals surface area contributed by atoms with E-state index < -0.39 is 0 Å². The Hall–Kier alpha value is -1.24. The second-order valence-electron chi connectivity index (χ2n) is 4.22. The molecule has 0 spiro atoms. The van der Waals surface area contributed by atoms with Crippen molar-refractivity contribution in [2.24, 2.45) is 23.4 Å². The molecule has 6 nitrogen and oxygen atoms in total. The van der Waals surface area contributed by atoms with Crippen molar-refractivity contribution >= 4 is 17.6 Å². The summed E-state index contributed by atoms with van der Waals surface area (Å²) in [6, 6.07) is 0. The van der Waals surface area contributed by atoms with Gasteiger partial charge in [-0.2, -0.15) is 5.10 Å². The fraction of sp³-hybridized carbons (Fsp3) is 0.667. The van der Waals surface area contributed by atoms with Crippen LogP contribution in [-0.2, 0) is 7.05 Å². The fourth-order valence-electron chi connectivity index (χ4n) is 1.60. The molecule has 88 valence electrons. The average Bonchev–Trinajstić information content (AvgIpc) is 2.91. The molecule has 0 amide bonds. The summed E-state index contributed by atoms with van der Waals surface area (Å²) in [5, 5.41) is 16.5. The van der Waals surface area contributed by atoms with E-state index in [0.717, 1.165) is 23.8 Å². The van der Waals surface area contributed by atoms with E-state index >= 15 is 0 Å². The van der Waals surface area contributed by atoms with Crippen LogP contribution >= 0.6 is 11.8 Å². The minimum Gasteiger partial charge on any atom is -0.409 e. The summed E-state index contributed by atoms with van der Waals surface area (Å²) in [5.74, 6) is 1.26. The number of nitrogens with zero attached hydrogens (tertiary/aromatic N) is 4. The Kier molecular flexibility index (Phi) is 3.04. The van der Waals surface area contributed by atoms with E-state index in [0.29, 0.717) is 12.3 Å². The molecule has 0 atom stereocenters. The first kappa shape index (κ1) is 11.3. The first-order valence-corrected chi connectivity index (χ1v) is 6.07. The third-order valence-electron chi connectivity index (χ3n) is 2.82. The number of nitrogens with two attached hydrogens (primary N) is 1. The Morgan fingerprint density at radius 2 is 2.50 bits per heavy atom. The van der Waals surface area contributed by atoms with Crippen LogP contribution in [-0.4, -0.2) is 31.6 Å². The van der Waals surface area contributed by atoms with Gasteiger partial charge in [0.1, 0.15) is 12.2 Å². The molecule has 1 fully saturated rings. The van der Waals surface area contributed by atoms with E-state index in [2.05, 4.69) is 15.2 Å². The largest absolute Gasteiger partial charge is 0.409 e. The van der Waals surface area contributed by atoms with Crippen molar-refractivity contribution < 1.29 is 5.21 Å². The lowest BCUT2D eigenvalue weighted by Crippen LogP contribution is -2.19. The lowest BCUT2D eigenvalue weighted by molar-refractivity contribution is 0.315. The number of aryl methyl sites for hydroxylation is 1. The predicted molar refractivity (Wildman–Crippen MR) is 61.4 cm³/mol. The van der Waals surface area contributed by atoms with Crippen molar-refractivity contribution in [3.05, 3.63) is 6.33 Å². The molecule has 0 radical (unpaired) electrons. The van der Waals surface area contributed by atoms with E-state index in [4.69, 9.17) is 10.9 Å². The zero-order valence-corrected chi connectivity index (χ0v) is 9.94. The Balaban J connectivity index is 1.88. The van der Waals surface area contributed by atoms with Gasteiger partial charge >= 0.3 is 0 Å². The molecule has 1 aliphatic carbocycles. The summed E-state index contributed by atoms with van der Waals surface area (Å²) in [4.78, 5) is 4.15. The molecule has 0 unspecified atom stereocenters. The standard InChI is InChI=1S/C9H15N5OS/c1-14-8(11-6-12-14)16-5-9(2-3-9)4-7(10)13-15/h6,15H,2-5H2,1H3,(H2,10,13). The summed E-state index contributed by atoms with van der Waals surface area (Å²) in [7, 11) is 1.87. The molecule has 1 heterocycles. The number of hydrogen-bond donors (Lipinski definition) is 2. The highest BCUT2D eigenvalue weighted by atomic mass is 32.2. The van der Waals surface area contributed by atoms with Crippen molar-refractivity contribution in [2.45, 2.75) is 24.4 Å². The van der Waals surface area contributed by atoms with Crippen LogP contribution in [0.15, 0.2) is 16.6 Å². The van der Waals surface area contributed by atoms with Gasteiger partial charge in [0.05, 0.1) is 0 Å². The number of oxime groups is 1. The van der Waals surface area contributed by atoms with Crippen LogP contribution in [0.4, 0.5) is 0 Å². The normalized spacial score (nSPS) is 18.7. The van der Waals surface area contributed by atoms with E-state index in [1.54, 1.807) is 22.8 Å².